The van der Waals surface area contributed by atoms with Crippen LogP contribution >= 0.6 is 0 Å². The average Bonchev–Trinajstić information content (AvgIpc) is 3.41. The molecule has 2 heterocycles. The number of piperazine rings is 1. The van der Waals surface area contributed by atoms with E-state index in [4.69, 9.17) is 0 Å². The lowest BCUT2D eigenvalue weighted by atomic mass is 10.2. The summed E-state index contributed by atoms with van der Waals surface area (Å²) in [6, 6.07) is -0.240. The van der Waals surface area contributed by atoms with E-state index in [0.717, 1.165) is 38.5 Å². The second-order valence-corrected chi connectivity index (χ2v) is 9.22. The van der Waals surface area contributed by atoms with Crippen LogP contribution in [0.3, 0.4) is 0 Å². The van der Waals surface area contributed by atoms with Crippen molar-refractivity contribution >= 4 is 22.1 Å². The van der Waals surface area contributed by atoms with Crippen LogP contribution in [-0.2, 0) is 15.0 Å². The number of urea groups is 1. The van der Waals surface area contributed by atoms with E-state index in [1.807, 2.05) is 4.90 Å². The number of hydrogen-bond acceptors (Lipinski definition) is 5. The number of carbonyl (C=O) groups is 2. The zero-order chi connectivity index (χ0) is 18.6. The van der Waals surface area contributed by atoms with E-state index in [0.29, 0.717) is 39.3 Å². The van der Waals surface area contributed by atoms with Crippen LogP contribution in [-0.4, -0.2) is 85.7 Å². The molecule has 26 heavy (non-hydrogen) atoms. The van der Waals surface area contributed by atoms with Gasteiger partial charge < -0.3 is 5.32 Å². The van der Waals surface area contributed by atoms with Gasteiger partial charge in [-0.05, 0) is 25.7 Å². The van der Waals surface area contributed by atoms with Gasteiger partial charge in [0.15, 0.2) is 0 Å². The van der Waals surface area contributed by atoms with Gasteiger partial charge in [-0.15, -0.1) is 0 Å². The van der Waals surface area contributed by atoms with E-state index in [9.17, 15) is 18.0 Å². The lowest BCUT2D eigenvalue weighted by molar-refractivity contribution is -0.121. The van der Waals surface area contributed by atoms with E-state index in [1.54, 1.807) is 4.31 Å². The Bertz CT molecular complexity index is 606. The highest BCUT2D eigenvalue weighted by atomic mass is 32.2. The zero-order valence-corrected chi connectivity index (χ0v) is 16.0. The van der Waals surface area contributed by atoms with Crippen LogP contribution in [0.15, 0.2) is 0 Å². The summed E-state index contributed by atoms with van der Waals surface area (Å²) in [6.45, 7) is 3.04. The molecule has 1 saturated carbocycles. The van der Waals surface area contributed by atoms with Gasteiger partial charge >= 0.3 is 6.03 Å². The minimum absolute atomic E-state index is 0.107. The van der Waals surface area contributed by atoms with Crippen molar-refractivity contribution in [3.05, 3.63) is 0 Å². The second kappa shape index (κ2) is 8.64. The van der Waals surface area contributed by atoms with Crippen molar-refractivity contribution in [3.8, 4) is 0 Å². The van der Waals surface area contributed by atoms with Crippen molar-refractivity contribution in [1.82, 2.24) is 24.1 Å². The summed E-state index contributed by atoms with van der Waals surface area (Å²) < 4.78 is 28.7. The third kappa shape index (κ3) is 5.38. The molecule has 0 aromatic heterocycles. The smallest absolute Gasteiger partial charge is 0.321 e. The Kier molecular flexibility index (Phi) is 6.49. The van der Waals surface area contributed by atoms with Gasteiger partial charge in [-0.3, -0.25) is 15.0 Å². The molecule has 148 valence electrons. The predicted octanol–water partition coefficient (Wildman–Crippen LogP) is -0.287. The summed E-state index contributed by atoms with van der Waals surface area (Å²) in [7, 11) is -3.41. The monoisotopic (exact) mass is 387 g/mol. The number of imide groups is 1. The van der Waals surface area contributed by atoms with Crippen LogP contribution < -0.4 is 10.6 Å². The van der Waals surface area contributed by atoms with Gasteiger partial charge in [-0.2, -0.15) is 17.0 Å². The van der Waals surface area contributed by atoms with Gasteiger partial charge in [0.1, 0.15) is 0 Å². The quantitative estimate of drug-likeness (QED) is 0.675. The normalized spacial score (nSPS) is 24.0. The highest BCUT2D eigenvalue weighted by Gasteiger charge is 2.33. The zero-order valence-electron chi connectivity index (χ0n) is 15.2. The standard InChI is InChI=1S/C16H29N5O4S/c22-15(18-16(23)17-14-5-6-14)13-19-9-11-21(12-10-19)26(24,25)20-7-3-1-2-4-8-20/h14H,1-13H2,(H2,17,18,22,23). The first kappa shape index (κ1) is 19.5. The molecule has 0 spiro atoms. The molecule has 0 aromatic rings. The number of nitrogens with one attached hydrogen (secondary N) is 2. The highest BCUT2D eigenvalue weighted by molar-refractivity contribution is 7.86. The molecule has 3 aliphatic rings. The molecule has 3 amide bonds. The van der Waals surface area contributed by atoms with Crippen LogP contribution in [0.4, 0.5) is 4.79 Å². The third-order valence-corrected chi connectivity index (χ3v) is 7.12. The van der Waals surface area contributed by atoms with E-state index in [1.165, 1.54) is 4.31 Å². The van der Waals surface area contributed by atoms with Crippen molar-refractivity contribution in [2.75, 3.05) is 45.8 Å². The minimum Gasteiger partial charge on any atom is -0.335 e. The van der Waals surface area contributed by atoms with E-state index in [2.05, 4.69) is 10.6 Å². The molecule has 2 saturated heterocycles. The van der Waals surface area contributed by atoms with Crippen LogP contribution in [0.25, 0.3) is 0 Å². The summed E-state index contributed by atoms with van der Waals surface area (Å²) in [4.78, 5) is 25.4. The molecular formula is C16H29N5O4S. The molecule has 0 unspecified atom stereocenters. The Morgan fingerprint density at radius 2 is 1.42 bits per heavy atom. The summed E-state index contributed by atoms with van der Waals surface area (Å²) in [5.74, 6) is -0.355. The molecule has 0 radical (unpaired) electrons. The Balaban J connectivity index is 1.42. The van der Waals surface area contributed by atoms with Crippen LogP contribution in [0.5, 0.6) is 0 Å². The largest absolute Gasteiger partial charge is 0.335 e. The lowest BCUT2D eigenvalue weighted by Gasteiger charge is -2.36. The van der Waals surface area contributed by atoms with Crippen molar-refractivity contribution in [2.24, 2.45) is 0 Å². The van der Waals surface area contributed by atoms with Gasteiger partial charge in [0.05, 0.1) is 6.54 Å². The first-order valence-corrected chi connectivity index (χ1v) is 10.9. The number of rotatable bonds is 5. The SMILES string of the molecule is O=C(CN1CCN(S(=O)(=O)N2CCCCCC2)CC1)NC(=O)NC1CC1. The number of nitrogens with zero attached hydrogens (tertiary/aromatic N) is 3. The van der Waals surface area contributed by atoms with Gasteiger partial charge in [0.25, 0.3) is 10.2 Å². The Hall–Kier alpha value is -1.23. The fraction of sp³-hybridized carbons (Fsp3) is 0.875. The van der Waals surface area contributed by atoms with Crippen LogP contribution in [0, 0.1) is 0 Å². The first-order valence-electron chi connectivity index (χ1n) is 9.53. The minimum atomic E-state index is -3.41. The molecule has 0 bridgehead atoms. The molecule has 9 nitrogen and oxygen atoms in total. The van der Waals surface area contributed by atoms with Gasteiger partial charge in [-0.1, -0.05) is 12.8 Å². The first-order chi connectivity index (χ1) is 12.4. The summed E-state index contributed by atoms with van der Waals surface area (Å²) in [5, 5.41) is 5.04. The molecule has 3 fully saturated rings. The summed E-state index contributed by atoms with van der Waals surface area (Å²) >= 11 is 0. The Morgan fingerprint density at radius 3 is 2.00 bits per heavy atom. The molecular weight excluding hydrogens is 358 g/mol. The maximum absolute atomic E-state index is 12.8. The molecule has 0 atom stereocenters. The fourth-order valence-corrected chi connectivity index (χ4v) is 5.04. The van der Waals surface area contributed by atoms with E-state index < -0.39 is 16.2 Å². The molecule has 2 aliphatic heterocycles. The summed E-state index contributed by atoms with van der Waals surface area (Å²) in [5.41, 5.74) is 0. The second-order valence-electron chi connectivity index (χ2n) is 7.29. The fourth-order valence-electron chi connectivity index (χ4n) is 3.37. The third-order valence-electron chi connectivity index (χ3n) is 5.08. The van der Waals surface area contributed by atoms with Gasteiger partial charge in [0.2, 0.25) is 5.91 Å². The average molecular weight is 388 g/mol. The lowest BCUT2D eigenvalue weighted by Crippen LogP contribution is -2.55. The number of amides is 3. The molecule has 1 aliphatic carbocycles. The van der Waals surface area contributed by atoms with Gasteiger partial charge in [-0.25, -0.2) is 4.79 Å². The van der Waals surface area contributed by atoms with Gasteiger partial charge in [0, 0.05) is 45.3 Å². The molecule has 10 heteroatoms. The summed E-state index contributed by atoms with van der Waals surface area (Å²) in [6.07, 6.45) is 5.95. The molecule has 2 N–H and O–H groups in total. The van der Waals surface area contributed by atoms with Crippen molar-refractivity contribution in [1.29, 1.82) is 0 Å². The van der Waals surface area contributed by atoms with Crippen LogP contribution in [0.1, 0.15) is 38.5 Å². The Labute approximate surface area is 155 Å². The highest BCUT2D eigenvalue weighted by Crippen LogP contribution is 2.19. The molecule has 3 rings (SSSR count). The topological polar surface area (TPSA) is 102 Å². The van der Waals surface area contributed by atoms with Crippen LogP contribution in [0.2, 0.25) is 0 Å². The maximum Gasteiger partial charge on any atom is 0.321 e. The van der Waals surface area contributed by atoms with E-state index >= 15 is 0 Å². The predicted molar refractivity (Wildman–Crippen MR) is 96.7 cm³/mol. The Morgan fingerprint density at radius 1 is 0.846 bits per heavy atom. The molecule has 0 aromatic carbocycles. The maximum atomic E-state index is 12.8. The van der Waals surface area contributed by atoms with Crippen molar-refractivity contribution in [2.45, 2.75) is 44.6 Å². The van der Waals surface area contributed by atoms with Crippen molar-refractivity contribution < 1.29 is 18.0 Å². The number of carbonyl (C=O) groups excluding carboxylic acids is 2. The van der Waals surface area contributed by atoms with E-state index in [-0.39, 0.29) is 18.5 Å². The van der Waals surface area contributed by atoms with Crippen molar-refractivity contribution in [3.63, 3.8) is 0 Å². The number of hydrogen-bond donors (Lipinski definition) is 2.